The van der Waals surface area contributed by atoms with Gasteiger partial charge in [-0.25, -0.2) is 0 Å². The fraction of sp³-hybridized carbons (Fsp3) is 0. The van der Waals surface area contributed by atoms with Crippen LogP contribution in [0.5, 0.6) is 0 Å². The number of nitrogen functional groups attached to an aromatic ring is 1. The Balaban J connectivity index is 3.19. The van der Waals surface area contributed by atoms with Gasteiger partial charge in [0.05, 0.1) is 5.69 Å². The molecule has 4 heteroatoms. The zero-order valence-electron chi connectivity index (χ0n) is 6.63. The quantitative estimate of drug-likeness (QED) is 0.518. The van der Waals surface area contributed by atoms with Crippen LogP contribution in [0.1, 0.15) is 5.56 Å². The monoisotopic (exact) mass is 303 g/mol. The van der Waals surface area contributed by atoms with Gasteiger partial charge in [0.15, 0.2) is 0 Å². The first-order valence-electron chi connectivity index (χ1n) is 3.51. The summed E-state index contributed by atoms with van der Waals surface area (Å²) in [5, 5.41) is 0. The SMILES string of the molecule is Nc1c(Br)cc(Br)cc1C=CC=O. The predicted octanol–water partition coefficient (Wildman–Crippen LogP) is 3.01. The number of anilines is 1. The number of benzene rings is 1. The maximum atomic E-state index is 10.1. The van der Waals surface area contributed by atoms with E-state index >= 15 is 0 Å². The second-order valence-corrected chi connectivity index (χ2v) is 4.16. The summed E-state index contributed by atoms with van der Waals surface area (Å²) in [5.41, 5.74) is 7.20. The number of allylic oxidation sites excluding steroid dienone is 1. The molecule has 0 unspecified atom stereocenters. The van der Waals surface area contributed by atoms with Crippen molar-refractivity contribution in [3.05, 3.63) is 32.7 Å². The minimum Gasteiger partial charge on any atom is -0.397 e. The predicted molar refractivity (Wildman–Crippen MR) is 61.4 cm³/mol. The third-order valence-electron chi connectivity index (χ3n) is 1.48. The van der Waals surface area contributed by atoms with E-state index in [1.807, 2.05) is 12.1 Å². The van der Waals surface area contributed by atoms with Gasteiger partial charge >= 0.3 is 0 Å². The van der Waals surface area contributed by atoms with Crippen LogP contribution in [0.25, 0.3) is 6.08 Å². The summed E-state index contributed by atoms with van der Waals surface area (Å²) in [4.78, 5) is 10.1. The Morgan fingerprint density at radius 1 is 1.31 bits per heavy atom. The fourth-order valence-corrected chi connectivity index (χ4v) is 2.14. The first-order valence-corrected chi connectivity index (χ1v) is 5.10. The molecule has 0 amide bonds. The molecule has 1 aromatic rings. The zero-order chi connectivity index (χ0) is 9.84. The average Bonchev–Trinajstić information content (AvgIpc) is 2.09. The molecule has 2 nitrogen and oxygen atoms in total. The van der Waals surface area contributed by atoms with Gasteiger partial charge in [-0.2, -0.15) is 0 Å². The van der Waals surface area contributed by atoms with Crippen molar-refractivity contribution >= 4 is 49.9 Å². The van der Waals surface area contributed by atoms with Crippen molar-refractivity contribution in [2.45, 2.75) is 0 Å². The molecule has 0 saturated carbocycles. The van der Waals surface area contributed by atoms with E-state index in [1.165, 1.54) is 6.08 Å². The minimum atomic E-state index is 0.626. The summed E-state index contributed by atoms with van der Waals surface area (Å²) in [6.07, 6.45) is 3.79. The zero-order valence-corrected chi connectivity index (χ0v) is 9.80. The normalized spacial score (nSPS) is 10.6. The van der Waals surface area contributed by atoms with E-state index in [4.69, 9.17) is 5.73 Å². The average molecular weight is 305 g/mol. The van der Waals surface area contributed by atoms with E-state index < -0.39 is 0 Å². The van der Waals surface area contributed by atoms with Crippen molar-refractivity contribution in [2.75, 3.05) is 5.73 Å². The molecule has 0 aliphatic heterocycles. The molecule has 0 bridgehead atoms. The van der Waals surface area contributed by atoms with E-state index in [0.717, 1.165) is 14.5 Å². The van der Waals surface area contributed by atoms with Crippen LogP contribution in [-0.2, 0) is 4.79 Å². The number of carbonyl (C=O) groups is 1. The molecule has 2 N–H and O–H groups in total. The van der Waals surface area contributed by atoms with Gasteiger partial charge in [0.25, 0.3) is 0 Å². The van der Waals surface area contributed by atoms with Gasteiger partial charge in [-0.15, -0.1) is 0 Å². The molecule has 0 aliphatic carbocycles. The second kappa shape index (κ2) is 4.58. The highest BCUT2D eigenvalue weighted by Crippen LogP contribution is 2.28. The Morgan fingerprint density at radius 3 is 2.62 bits per heavy atom. The molecule has 13 heavy (non-hydrogen) atoms. The highest BCUT2D eigenvalue weighted by atomic mass is 79.9. The molecule has 0 heterocycles. The number of hydrogen-bond donors (Lipinski definition) is 1. The van der Waals surface area contributed by atoms with Gasteiger partial charge in [-0.1, -0.05) is 15.9 Å². The topological polar surface area (TPSA) is 43.1 Å². The third kappa shape index (κ3) is 2.67. The number of carbonyl (C=O) groups excluding carboxylic acids is 1. The summed E-state index contributed by atoms with van der Waals surface area (Å²) in [6, 6.07) is 3.70. The Kier molecular flexibility index (Phi) is 3.69. The molecule has 0 spiro atoms. The number of rotatable bonds is 2. The highest BCUT2D eigenvalue weighted by molar-refractivity contribution is 9.11. The van der Waals surface area contributed by atoms with E-state index in [-0.39, 0.29) is 0 Å². The van der Waals surface area contributed by atoms with Gasteiger partial charge in [-0.3, -0.25) is 4.79 Å². The lowest BCUT2D eigenvalue weighted by atomic mass is 10.2. The minimum absolute atomic E-state index is 0.626. The van der Waals surface area contributed by atoms with E-state index in [9.17, 15) is 4.79 Å². The number of hydrogen-bond acceptors (Lipinski definition) is 2. The molecular weight excluding hydrogens is 298 g/mol. The molecule has 1 rings (SSSR count). The van der Waals surface area contributed by atoms with Crippen LogP contribution in [0.15, 0.2) is 27.2 Å². The number of aldehydes is 1. The van der Waals surface area contributed by atoms with E-state index in [2.05, 4.69) is 31.9 Å². The Hall–Kier alpha value is -0.610. The molecule has 0 atom stereocenters. The van der Waals surface area contributed by atoms with Crippen LogP contribution >= 0.6 is 31.9 Å². The lowest BCUT2D eigenvalue weighted by molar-refractivity contribution is -0.104. The lowest BCUT2D eigenvalue weighted by Crippen LogP contribution is -1.90. The van der Waals surface area contributed by atoms with Crippen LogP contribution < -0.4 is 5.73 Å². The van der Waals surface area contributed by atoms with Crippen molar-refractivity contribution in [1.29, 1.82) is 0 Å². The molecule has 68 valence electrons. The molecule has 0 radical (unpaired) electrons. The second-order valence-electron chi connectivity index (χ2n) is 2.39. The molecule has 0 aromatic heterocycles. The van der Waals surface area contributed by atoms with Gasteiger partial charge in [0.1, 0.15) is 6.29 Å². The Bertz CT molecular complexity index is 361. The van der Waals surface area contributed by atoms with Crippen LogP contribution in [0.2, 0.25) is 0 Å². The van der Waals surface area contributed by atoms with Gasteiger partial charge < -0.3 is 5.73 Å². The third-order valence-corrected chi connectivity index (χ3v) is 2.59. The van der Waals surface area contributed by atoms with Crippen molar-refractivity contribution in [2.24, 2.45) is 0 Å². The largest absolute Gasteiger partial charge is 0.397 e. The molecule has 0 fully saturated rings. The molecular formula is C9H7Br2NO. The van der Waals surface area contributed by atoms with E-state index in [1.54, 1.807) is 6.08 Å². The van der Waals surface area contributed by atoms with Crippen molar-refractivity contribution in [1.82, 2.24) is 0 Å². The maximum absolute atomic E-state index is 10.1. The Morgan fingerprint density at radius 2 is 2.00 bits per heavy atom. The highest BCUT2D eigenvalue weighted by Gasteiger charge is 2.01. The van der Waals surface area contributed by atoms with Crippen LogP contribution in [-0.4, -0.2) is 6.29 Å². The summed E-state index contributed by atoms with van der Waals surface area (Å²) in [7, 11) is 0. The summed E-state index contributed by atoms with van der Waals surface area (Å²) in [5.74, 6) is 0. The Labute approximate surface area is 93.1 Å². The summed E-state index contributed by atoms with van der Waals surface area (Å²) < 4.78 is 1.73. The van der Waals surface area contributed by atoms with Gasteiger partial charge in [0, 0.05) is 8.95 Å². The van der Waals surface area contributed by atoms with Crippen molar-refractivity contribution < 1.29 is 4.79 Å². The molecule has 0 saturated heterocycles. The van der Waals surface area contributed by atoms with Crippen molar-refractivity contribution in [3.63, 3.8) is 0 Å². The van der Waals surface area contributed by atoms with Crippen LogP contribution in [0, 0.1) is 0 Å². The van der Waals surface area contributed by atoms with Crippen LogP contribution in [0.4, 0.5) is 5.69 Å². The summed E-state index contributed by atoms with van der Waals surface area (Å²) in [6.45, 7) is 0. The lowest BCUT2D eigenvalue weighted by Gasteiger charge is -2.03. The van der Waals surface area contributed by atoms with Crippen molar-refractivity contribution in [3.8, 4) is 0 Å². The summed E-state index contributed by atoms with van der Waals surface area (Å²) >= 11 is 6.64. The molecule has 0 aliphatic rings. The van der Waals surface area contributed by atoms with E-state index in [0.29, 0.717) is 12.0 Å². The smallest absolute Gasteiger partial charge is 0.142 e. The first kappa shape index (κ1) is 10.5. The van der Waals surface area contributed by atoms with Crippen LogP contribution in [0.3, 0.4) is 0 Å². The number of halogens is 2. The number of nitrogens with two attached hydrogens (primary N) is 1. The van der Waals surface area contributed by atoms with Gasteiger partial charge in [-0.05, 0) is 45.8 Å². The molecule has 1 aromatic carbocycles. The maximum Gasteiger partial charge on any atom is 0.142 e. The van der Waals surface area contributed by atoms with Gasteiger partial charge in [0.2, 0.25) is 0 Å². The standard InChI is InChI=1S/C9H7Br2NO/c10-7-4-6(2-1-3-13)9(12)8(11)5-7/h1-5H,12H2. The fourth-order valence-electron chi connectivity index (χ4n) is 0.886. The first-order chi connectivity index (χ1) is 6.15.